The molecule has 0 aromatic rings. The molecule has 1 atom stereocenters. The number of nitrogens with two attached hydrogens (primary N) is 1. The van der Waals surface area contributed by atoms with E-state index in [0.29, 0.717) is 32.5 Å². The molecule has 0 aliphatic carbocycles. The first kappa shape index (κ1) is 51.8. The van der Waals surface area contributed by atoms with Crippen LogP contribution in [0.1, 0.15) is 219 Å². The van der Waals surface area contributed by atoms with E-state index in [1.807, 2.05) is 0 Å². The maximum atomic E-state index is 12.7. The average molecular weight is 755 g/mol. The Bertz CT molecular complexity index is 740. The van der Waals surface area contributed by atoms with Crippen LogP contribution < -0.4 is 11.1 Å². The zero-order chi connectivity index (χ0) is 38.6. The summed E-state index contributed by atoms with van der Waals surface area (Å²) in [5.41, 5.74) is 5.48. The third-order valence-corrected chi connectivity index (χ3v) is 10.0. The van der Waals surface area contributed by atoms with Crippen LogP contribution in [-0.2, 0) is 28.5 Å². The zero-order valence-electron chi connectivity index (χ0n) is 35.4. The molecule has 8 heteroatoms. The summed E-state index contributed by atoms with van der Waals surface area (Å²) in [6, 6.07) is 0. The van der Waals surface area contributed by atoms with Crippen LogP contribution in [0, 0.1) is 0 Å². The van der Waals surface area contributed by atoms with Gasteiger partial charge in [-0.2, -0.15) is 0 Å². The van der Waals surface area contributed by atoms with Crippen molar-refractivity contribution in [2.45, 2.75) is 225 Å². The van der Waals surface area contributed by atoms with Crippen LogP contribution in [-0.4, -0.2) is 70.7 Å². The van der Waals surface area contributed by atoms with E-state index < -0.39 is 6.10 Å². The number of hydrogen-bond acceptors (Lipinski definition) is 8. The van der Waals surface area contributed by atoms with Gasteiger partial charge in [-0.3, -0.25) is 9.59 Å². The Morgan fingerprint density at radius 2 is 0.849 bits per heavy atom. The third kappa shape index (κ3) is 43.4. The Labute approximate surface area is 328 Å². The third-order valence-electron chi connectivity index (χ3n) is 10.0. The molecule has 0 aromatic heterocycles. The normalized spacial score (nSPS) is 12.0. The highest BCUT2D eigenvalue weighted by atomic mass is 16.6. The topological polar surface area (TPSA) is 109 Å². The molecule has 0 saturated heterocycles. The second-order valence-electron chi connectivity index (χ2n) is 15.4. The molecule has 0 heterocycles. The molecule has 0 fully saturated rings. The minimum Gasteiger partial charge on any atom is -0.462 e. The molecule has 0 aliphatic rings. The Hall–Kier alpha value is -1.22. The lowest BCUT2D eigenvalue weighted by Gasteiger charge is -2.19. The average Bonchev–Trinajstić information content (AvgIpc) is 3.16. The van der Waals surface area contributed by atoms with Gasteiger partial charge in [0.15, 0.2) is 0 Å². The largest absolute Gasteiger partial charge is 0.462 e. The summed E-state index contributed by atoms with van der Waals surface area (Å²) in [5.74, 6) is -0.383. The fraction of sp³-hybridized carbons (Fsp3) is 0.956. The minimum absolute atomic E-state index is 0.110. The monoisotopic (exact) mass is 755 g/mol. The van der Waals surface area contributed by atoms with Crippen molar-refractivity contribution in [1.29, 1.82) is 0 Å². The molecule has 0 bridgehead atoms. The van der Waals surface area contributed by atoms with Crippen molar-refractivity contribution >= 4 is 11.9 Å². The summed E-state index contributed by atoms with van der Waals surface area (Å²) >= 11 is 0. The summed E-state index contributed by atoms with van der Waals surface area (Å²) in [5, 5.41) is 3.38. The van der Waals surface area contributed by atoms with E-state index in [1.54, 1.807) is 0 Å². The van der Waals surface area contributed by atoms with Crippen LogP contribution >= 0.6 is 0 Å². The standard InChI is InChI=1S/C45H90N2O6/c1-3-5-7-9-11-13-15-17-19-21-23-25-27-33-44(48)52-42-43(41-47-36-32-40-51-38-30-29-37-50-39-31-35-46)53-45(49)34-28-26-24-22-20-18-16-14-12-10-8-6-4-2/h43,47H,3-42,46H2,1-2H3. The number of ether oxygens (including phenoxy) is 4. The van der Waals surface area contributed by atoms with Crippen molar-refractivity contribution in [3.63, 3.8) is 0 Å². The Kier molecular flexibility index (Phi) is 44.1. The van der Waals surface area contributed by atoms with Crippen LogP contribution in [0.2, 0.25) is 0 Å². The number of hydrogen-bond donors (Lipinski definition) is 2. The van der Waals surface area contributed by atoms with Crippen molar-refractivity contribution in [2.75, 3.05) is 52.7 Å². The van der Waals surface area contributed by atoms with Crippen LogP contribution in [0.15, 0.2) is 0 Å². The van der Waals surface area contributed by atoms with Crippen LogP contribution in [0.4, 0.5) is 0 Å². The molecule has 316 valence electrons. The van der Waals surface area contributed by atoms with Crippen molar-refractivity contribution in [1.82, 2.24) is 5.32 Å². The maximum Gasteiger partial charge on any atom is 0.306 e. The molecular weight excluding hydrogens is 665 g/mol. The van der Waals surface area contributed by atoms with E-state index in [0.717, 1.165) is 77.7 Å². The summed E-state index contributed by atoms with van der Waals surface area (Å²) in [6.07, 6.45) is 37.3. The molecule has 0 aliphatic heterocycles. The van der Waals surface area contributed by atoms with E-state index in [2.05, 4.69) is 19.2 Å². The highest BCUT2D eigenvalue weighted by molar-refractivity contribution is 5.70. The molecule has 3 N–H and O–H groups in total. The van der Waals surface area contributed by atoms with E-state index in [4.69, 9.17) is 24.7 Å². The molecule has 0 radical (unpaired) electrons. The first-order chi connectivity index (χ1) is 26.1. The fourth-order valence-electron chi connectivity index (χ4n) is 6.57. The summed E-state index contributed by atoms with van der Waals surface area (Å²) in [4.78, 5) is 25.2. The lowest BCUT2D eigenvalue weighted by molar-refractivity contribution is -0.159. The Morgan fingerprint density at radius 1 is 0.472 bits per heavy atom. The molecule has 0 spiro atoms. The van der Waals surface area contributed by atoms with E-state index in [1.165, 1.54) is 141 Å². The molecule has 1 unspecified atom stereocenters. The number of nitrogens with one attached hydrogen (secondary N) is 1. The molecule has 0 amide bonds. The quantitative estimate of drug-likeness (QED) is 0.0467. The molecular formula is C45H90N2O6. The second-order valence-corrected chi connectivity index (χ2v) is 15.4. The molecule has 0 aromatic carbocycles. The van der Waals surface area contributed by atoms with Gasteiger partial charge in [0.25, 0.3) is 0 Å². The fourth-order valence-corrected chi connectivity index (χ4v) is 6.57. The first-order valence-electron chi connectivity index (χ1n) is 23.0. The Morgan fingerprint density at radius 3 is 1.28 bits per heavy atom. The van der Waals surface area contributed by atoms with Gasteiger partial charge >= 0.3 is 11.9 Å². The van der Waals surface area contributed by atoms with Crippen LogP contribution in [0.5, 0.6) is 0 Å². The van der Waals surface area contributed by atoms with Gasteiger partial charge in [0.05, 0.1) is 0 Å². The summed E-state index contributed by atoms with van der Waals surface area (Å²) in [7, 11) is 0. The maximum absolute atomic E-state index is 12.7. The lowest BCUT2D eigenvalue weighted by atomic mass is 10.0. The highest BCUT2D eigenvalue weighted by Crippen LogP contribution is 2.15. The summed E-state index contributed by atoms with van der Waals surface area (Å²) in [6.45, 7) is 9.44. The predicted molar refractivity (Wildman–Crippen MR) is 223 cm³/mol. The minimum atomic E-state index is -0.472. The SMILES string of the molecule is CCCCCCCCCCCCCCCC(=O)OCC(CNCCCOCCCCOCCCN)OC(=O)CCCCCCCCCCCCCCC. The van der Waals surface area contributed by atoms with Gasteiger partial charge in [0, 0.05) is 45.8 Å². The molecule has 0 saturated carbocycles. The number of carbonyl (C=O) groups is 2. The molecule has 53 heavy (non-hydrogen) atoms. The van der Waals surface area contributed by atoms with Crippen molar-refractivity contribution < 1.29 is 28.5 Å². The number of rotatable bonds is 45. The molecule has 0 rings (SSSR count). The van der Waals surface area contributed by atoms with Gasteiger partial charge in [-0.15, -0.1) is 0 Å². The number of unbranched alkanes of at least 4 members (excludes halogenated alkanes) is 25. The zero-order valence-corrected chi connectivity index (χ0v) is 35.4. The lowest BCUT2D eigenvalue weighted by Crippen LogP contribution is -2.36. The van der Waals surface area contributed by atoms with Gasteiger partial charge < -0.3 is 30.0 Å². The first-order valence-corrected chi connectivity index (χ1v) is 23.0. The van der Waals surface area contributed by atoms with Gasteiger partial charge in [-0.25, -0.2) is 0 Å². The van der Waals surface area contributed by atoms with Crippen LogP contribution in [0.25, 0.3) is 0 Å². The number of carbonyl (C=O) groups excluding carboxylic acids is 2. The van der Waals surface area contributed by atoms with Crippen molar-refractivity contribution in [3.05, 3.63) is 0 Å². The molecule has 8 nitrogen and oxygen atoms in total. The smallest absolute Gasteiger partial charge is 0.306 e. The van der Waals surface area contributed by atoms with Gasteiger partial charge in [-0.1, -0.05) is 168 Å². The Balaban J connectivity index is 4.18. The van der Waals surface area contributed by atoms with Crippen molar-refractivity contribution in [3.8, 4) is 0 Å². The highest BCUT2D eigenvalue weighted by Gasteiger charge is 2.17. The summed E-state index contributed by atoms with van der Waals surface area (Å²) < 4.78 is 22.7. The van der Waals surface area contributed by atoms with E-state index >= 15 is 0 Å². The number of esters is 2. The van der Waals surface area contributed by atoms with Gasteiger partial charge in [-0.05, 0) is 51.6 Å². The van der Waals surface area contributed by atoms with E-state index in [9.17, 15) is 9.59 Å². The van der Waals surface area contributed by atoms with Gasteiger partial charge in [0.1, 0.15) is 12.7 Å². The van der Waals surface area contributed by atoms with Gasteiger partial charge in [0.2, 0.25) is 0 Å². The second kappa shape index (κ2) is 45.2. The van der Waals surface area contributed by atoms with Crippen molar-refractivity contribution in [2.24, 2.45) is 5.73 Å². The predicted octanol–water partition coefficient (Wildman–Crippen LogP) is 11.5. The van der Waals surface area contributed by atoms with E-state index in [-0.39, 0.29) is 18.5 Å². The van der Waals surface area contributed by atoms with Crippen LogP contribution in [0.3, 0.4) is 0 Å².